The van der Waals surface area contributed by atoms with E-state index in [-0.39, 0.29) is 17.8 Å². The van der Waals surface area contributed by atoms with Crippen LogP contribution >= 0.6 is 0 Å². The number of amides is 1. The zero-order valence-electron chi connectivity index (χ0n) is 14.2. The van der Waals surface area contributed by atoms with Crippen molar-refractivity contribution in [2.75, 3.05) is 18.0 Å². The number of anilines is 1. The van der Waals surface area contributed by atoms with Crippen LogP contribution in [0.15, 0.2) is 47.0 Å². The number of nitrogens with zero attached hydrogens (tertiary/aromatic N) is 3. The number of pyridine rings is 1. The van der Waals surface area contributed by atoms with E-state index in [1.54, 1.807) is 24.4 Å². The first-order chi connectivity index (χ1) is 12.7. The molecule has 1 unspecified atom stereocenters. The number of oxazole rings is 1. The second kappa shape index (κ2) is 7.11. The van der Waals surface area contributed by atoms with Gasteiger partial charge in [0.2, 0.25) is 11.6 Å². The third kappa shape index (κ3) is 3.37. The SMILES string of the molecule is O=C(NCCc1ccc(F)cc1)C1CCCN1c1nc2ncccc2o1. The standard InChI is InChI=1S/C19H19FN4O2/c20-14-7-5-13(6-8-14)9-11-22-18(25)15-3-2-12-24(15)19-23-17-16(26-19)4-1-10-21-17/h1,4-8,10,15H,2-3,9,11-12H2,(H,22,25). The van der Waals surface area contributed by atoms with Crippen LogP contribution < -0.4 is 10.2 Å². The highest BCUT2D eigenvalue weighted by Gasteiger charge is 2.33. The number of carbonyl (C=O) groups excluding carboxylic acids is 1. The molecule has 2 aromatic heterocycles. The maximum atomic E-state index is 12.9. The Hall–Kier alpha value is -2.96. The molecule has 3 aromatic rings. The van der Waals surface area contributed by atoms with Crippen molar-refractivity contribution in [2.24, 2.45) is 0 Å². The summed E-state index contributed by atoms with van der Waals surface area (Å²) in [6, 6.07) is 10.1. The van der Waals surface area contributed by atoms with Gasteiger partial charge in [-0.05, 0) is 49.1 Å². The summed E-state index contributed by atoms with van der Waals surface area (Å²) in [5.41, 5.74) is 2.15. The number of benzene rings is 1. The van der Waals surface area contributed by atoms with E-state index in [1.165, 1.54) is 12.1 Å². The minimum absolute atomic E-state index is 0.0418. The first-order valence-electron chi connectivity index (χ1n) is 8.71. The molecule has 0 spiro atoms. The molecule has 0 radical (unpaired) electrons. The molecule has 6 nitrogen and oxygen atoms in total. The number of aromatic nitrogens is 2. The van der Waals surface area contributed by atoms with Gasteiger partial charge in [0, 0.05) is 19.3 Å². The van der Waals surface area contributed by atoms with Crippen molar-refractivity contribution in [3.8, 4) is 0 Å². The molecule has 1 aromatic carbocycles. The quantitative estimate of drug-likeness (QED) is 0.763. The third-order valence-electron chi connectivity index (χ3n) is 4.58. The highest BCUT2D eigenvalue weighted by molar-refractivity contribution is 5.85. The van der Waals surface area contributed by atoms with E-state index in [0.717, 1.165) is 24.9 Å². The average molecular weight is 354 g/mol. The summed E-state index contributed by atoms with van der Waals surface area (Å²) in [6.07, 6.45) is 3.99. The molecule has 0 bridgehead atoms. The van der Waals surface area contributed by atoms with Crippen molar-refractivity contribution in [1.82, 2.24) is 15.3 Å². The van der Waals surface area contributed by atoms with Gasteiger partial charge in [0.25, 0.3) is 0 Å². The summed E-state index contributed by atoms with van der Waals surface area (Å²) in [4.78, 5) is 23.1. The van der Waals surface area contributed by atoms with E-state index in [0.29, 0.717) is 30.2 Å². The summed E-state index contributed by atoms with van der Waals surface area (Å²) in [5.74, 6) is -0.299. The molecule has 0 saturated carbocycles. The van der Waals surface area contributed by atoms with E-state index in [2.05, 4.69) is 15.3 Å². The van der Waals surface area contributed by atoms with Crippen LogP contribution in [0.1, 0.15) is 18.4 Å². The van der Waals surface area contributed by atoms with Gasteiger partial charge < -0.3 is 14.6 Å². The molecule has 7 heteroatoms. The van der Waals surface area contributed by atoms with Crippen molar-refractivity contribution >= 4 is 23.2 Å². The van der Waals surface area contributed by atoms with Crippen LogP contribution in [-0.4, -0.2) is 35.0 Å². The van der Waals surface area contributed by atoms with Crippen molar-refractivity contribution < 1.29 is 13.6 Å². The average Bonchev–Trinajstić information content (AvgIpc) is 3.29. The molecule has 0 aliphatic carbocycles. The molecule has 1 amide bonds. The highest BCUT2D eigenvalue weighted by atomic mass is 19.1. The molecule has 1 fully saturated rings. The molecule has 1 N–H and O–H groups in total. The van der Waals surface area contributed by atoms with E-state index in [9.17, 15) is 9.18 Å². The third-order valence-corrected chi connectivity index (χ3v) is 4.58. The summed E-state index contributed by atoms with van der Waals surface area (Å²) in [5, 5.41) is 2.96. The Morgan fingerprint density at radius 3 is 2.96 bits per heavy atom. The van der Waals surface area contributed by atoms with Gasteiger partial charge in [0.05, 0.1) is 0 Å². The predicted octanol–water partition coefficient (Wildman–Crippen LogP) is 2.69. The van der Waals surface area contributed by atoms with E-state index < -0.39 is 0 Å². The second-order valence-corrected chi connectivity index (χ2v) is 6.34. The molecule has 1 saturated heterocycles. The Morgan fingerprint density at radius 2 is 2.15 bits per heavy atom. The van der Waals surface area contributed by atoms with Crippen LogP contribution in [0.25, 0.3) is 11.2 Å². The highest BCUT2D eigenvalue weighted by Crippen LogP contribution is 2.27. The van der Waals surface area contributed by atoms with E-state index in [1.807, 2.05) is 11.0 Å². The van der Waals surface area contributed by atoms with Crippen LogP contribution in [0.4, 0.5) is 10.4 Å². The summed E-state index contributed by atoms with van der Waals surface area (Å²) in [6.45, 7) is 1.23. The van der Waals surface area contributed by atoms with Gasteiger partial charge in [-0.15, -0.1) is 0 Å². The summed E-state index contributed by atoms with van der Waals surface area (Å²) in [7, 11) is 0. The topological polar surface area (TPSA) is 71.3 Å². The zero-order valence-corrected chi connectivity index (χ0v) is 14.2. The number of hydrogen-bond acceptors (Lipinski definition) is 5. The fraction of sp³-hybridized carbons (Fsp3) is 0.316. The number of hydrogen-bond donors (Lipinski definition) is 1. The summed E-state index contributed by atoms with van der Waals surface area (Å²) >= 11 is 0. The zero-order chi connectivity index (χ0) is 17.9. The smallest absolute Gasteiger partial charge is 0.300 e. The molecular formula is C19H19FN4O2. The Kier molecular flexibility index (Phi) is 4.51. The molecule has 134 valence electrons. The minimum atomic E-state index is -0.295. The Bertz CT molecular complexity index is 876. The first-order valence-corrected chi connectivity index (χ1v) is 8.71. The van der Waals surface area contributed by atoms with Crippen molar-refractivity contribution in [3.05, 3.63) is 54.0 Å². The van der Waals surface area contributed by atoms with Crippen LogP contribution in [0.5, 0.6) is 0 Å². The van der Waals surface area contributed by atoms with Gasteiger partial charge in [-0.1, -0.05) is 12.1 Å². The lowest BCUT2D eigenvalue weighted by Gasteiger charge is -2.21. The summed E-state index contributed by atoms with van der Waals surface area (Å²) < 4.78 is 18.7. The number of rotatable bonds is 5. The fourth-order valence-electron chi connectivity index (χ4n) is 3.25. The lowest BCUT2D eigenvalue weighted by Crippen LogP contribution is -2.44. The van der Waals surface area contributed by atoms with Crippen molar-refractivity contribution in [2.45, 2.75) is 25.3 Å². The predicted molar refractivity (Wildman–Crippen MR) is 95.3 cm³/mol. The van der Waals surface area contributed by atoms with Crippen LogP contribution in [0.3, 0.4) is 0 Å². The minimum Gasteiger partial charge on any atom is -0.422 e. The van der Waals surface area contributed by atoms with Gasteiger partial charge in [0.1, 0.15) is 11.9 Å². The monoisotopic (exact) mass is 354 g/mol. The molecular weight excluding hydrogens is 335 g/mol. The lowest BCUT2D eigenvalue weighted by atomic mass is 10.1. The normalized spacial score (nSPS) is 17.0. The fourth-order valence-corrected chi connectivity index (χ4v) is 3.25. The largest absolute Gasteiger partial charge is 0.422 e. The Labute approximate surface area is 150 Å². The lowest BCUT2D eigenvalue weighted by molar-refractivity contribution is -0.122. The molecule has 1 aliphatic rings. The van der Waals surface area contributed by atoms with Gasteiger partial charge in [-0.2, -0.15) is 4.98 Å². The van der Waals surface area contributed by atoms with Crippen LogP contribution in [0.2, 0.25) is 0 Å². The first kappa shape index (κ1) is 16.5. The molecule has 1 aliphatic heterocycles. The second-order valence-electron chi connectivity index (χ2n) is 6.34. The maximum Gasteiger partial charge on any atom is 0.300 e. The van der Waals surface area contributed by atoms with Crippen molar-refractivity contribution in [1.29, 1.82) is 0 Å². The van der Waals surface area contributed by atoms with Gasteiger partial charge in [-0.3, -0.25) is 4.79 Å². The number of halogens is 1. The van der Waals surface area contributed by atoms with E-state index in [4.69, 9.17) is 4.42 Å². The van der Waals surface area contributed by atoms with Gasteiger partial charge >= 0.3 is 6.01 Å². The Balaban J connectivity index is 1.39. The van der Waals surface area contributed by atoms with E-state index >= 15 is 0 Å². The van der Waals surface area contributed by atoms with Crippen molar-refractivity contribution in [3.63, 3.8) is 0 Å². The van der Waals surface area contributed by atoms with Crippen LogP contribution in [0, 0.1) is 5.82 Å². The Morgan fingerprint density at radius 1 is 1.31 bits per heavy atom. The molecule has 4 rings (SSSR count). The number of carbonyl (C=O) groups is 1. The number of fused-ring (bicyclic) bond motifs is 1. The van der Waals surface area contributed by atoms with Crippen LogP contribution in [-0.2, 0) is 11.2 Å². The molecule has 26 heavy (non-hydrogen) atoms. The van der Waals surface area contributed by atoms with Gasteiger partial charge in [-0.25, -0.2) is 9.37 Å². The molecule has 1 atom stereocenters. The van der Waals surface area contributed by atoms with Gasteiger partial charge in [0.15, 0.2) is 5.58 Å². The number of nitrogens with one attached hydrogen (secondary N) is 1. The maximum absolute atomic E-state index is 12.9. The molecule has 3 heterocycles.